The van der Waals surface area contributed by atoms with Gasteiger partial charge >= 0.3 is 0 Å². The van der Waals surface area contributed by atoms with Gasteiger partial charge in [0, 0.05) is 18.7 Å². The second kappa shape index (κ2) is 8.42. The molecule has 0 saturated carbocycles. The molecule has 1 rings (SSSR count). The monoisotopic (exact) mass is 292 g/mol. The summed E-state index contributed by atoms with van der Waals surface area (Å²) in [6.07, 6.45) is 0. The number of nitrogens with zero attached hydrogens (tertiary/aromatic N) is 1. The lowest BCUT2D eigenvalue weighted by Crippen LogP contribution is -2.35. The summed E-state index contributed by atoms with van der Waals surface area (Å²) in [5, 5.41) is 2.87. The van der Waals surface area contributed by atoms with E-state index in [1.165, 1.54) is 14.0 Å². The van der Waals surface area contributed by atoms with Crippen molar-refractivity contribution in [3.8, 4) is 5.75 Å². The third-order valence-corrected chi connectivity index (χ3v) is 3.46. The van der Waals surface area contributed by atoms with Crippen molar-refractivity contribution in [2.24, 2.45) is 0 Å². The average Bonchev–Trinajstić information content (AvgIpc) is 2.50. The summed E-state index contributed by atoms with van der Waals surface area (Å²) in [6.45, 7) is 8.92. The van der Waals surface area contributed by atoms with Gasteiger partial charge in [0.2, 0.25) is 0 Å². The van der Waals surface area contributed by atoms with Gasteiger partial charge in [0.15, 0.2) is 5.78 Å². The molecule has 0 aliphatic carbocycles. The van der Waals surface area contributed by atoms with E-state index in [2.05, 4.69) is 24.1 Å². The minimum absolute atomic E-state index is 0.0742. The molecule has 0 aromatic heterocycles. The van der Waals surface area contributed by atoms with Crippen LogP contribution in [0.4, 0.5) is 0 Å². The van der Waals surface area contributed by atoms with Crippen LogP contribution in [0.5, 0.6) is 5.75 Å². The van der Waals surface area contributed by atoms with Crippen LogP contribution in [0.25, 0.3) is 0 Å². The van der Waals surface area contributed by atoms with E-state index in [0.29, 0.717) is 23.4 Å². The van der Waals surface area contributed by atoms with Gasteiger partial charge in [0.05, 0.1) is 12.7 Å². The zero-order chi connectivity index (χ0) is 15.8. The predicted octanol–water partition coefficient (Wildman–Crippen LogP) is 1.97. The van der Waals surface area contributed by atoms with Crippen LogP contribution in [0.3, 0.4) is 0 Å². The molecule has 0 radical (unpaired) electrons. The molecule has 0 unspecified atom stereocenters. The highest BCUT2D eigenvalue weighted by Gasteiger charge is 2.14. The summed E-state index contributed by atoms with van der Waals surface area (Å²) in [7, 11) is 1.51. The molecule has 21 heavy (non-hydrogen) atoms. The first-order valence-corrected chi connectivity index (χ1v) is 7.23. The fourth-order valence-corrected chi connectivity index (χ4v) is 2.07. The molecule has 1 N–H and O–H groups in total. The summed E-state index contributed by atoms with van der Waals surface area (Å²) < 4.78 is 5.19. The van der Waals surface area contributed by atoms with E-state index in [1.54, 1.807) is 18.2 Å². The molecule has 1 aromatic rings. The molecular weight excluding hydrogens is 268 g/mol. The second-order valence-corrected chi connectivity index (χ2v) is 4.75. The number of hydrogen-bond donors (Lipinski definition) is 1. The summed E-state index contributed by atoms with van der Waals surface area (Å²) >= 11 is 0. The van der Waals surface area contributed by atoms with Crippen molar-refractivity contribution in [3.63, 3.8) is 0 Å². The molecule has 0 atom stereocenters. The number of benzene rings is 1. The maximum atomic E-state index is 12.2. The predicted molar refractivity (Wildman–Crippen MR) is 83.1 cm³/mol. The van der Waals surface area contributed by atoms with Gasteiger partial charge in [-0.3, -0.25) is 9.59 Å². The Balaban J connectivity index is 2.76. The van der Waals surface area contributed by atoms with E-state index in [-0.39, 0.29) is 11.7 Å². The van der Waals surface area contributed by atoms with Crippen LogP contribution in [0.1, 0.15) is 41.5 Å². The van der Waals surface area contributed by atoms with Crippen molar-refractivity contribution in [3.05, 3.63) is 29.3 Å². The molecule has 0 bridgehead atoms. The molecule has 5 nitrogen and oxygen atoms in total. The van der Waals surface area contributed by atoms with Crippen LogP contribution >= 0.6 is 0 Å². The number of Topliss-reactive ketones (excluding diaryl/α,β-unsaturated/α-hetero) is 1. The second-order valence-electron chi connectivity index (χ2n) is 4.75. The van der Waals surface area contributed by atoms with Crippen molar-refractivity contribution in [1.29, 1.82) is 0 Å². The highest BCUT2D eigenvalue weighted by molar-refractivity contribution is 6.01. The number of ether oxygens (including phenoxy) is 1. The minimum Gasteiger partial charge on any atom is -0.496 e. The molecule has 0 fully saturated rings. The van der Waals surface area contributed by atoms with Crippen LogP contribution in [0.2, 0.25) is 0 Å². The molecule has 0 aliphatic rings. The maximum Gasteiger partial charge on any atom is 0.255 e. The number of amides is 1. The zero-order valence-electron chi connectivity index (χ0n) is 13.2. The number of carbonyl (C=O) groups is 2. The number of nitrogens with one attached hydrogen (secondary N) is 1. The van der Waals surface area contributed by atoms with Crippen molar-refractivity contribution < 1.29 is 14.3 Å². The first kappa shape index (κ1) is 17.2. The van der Waals surface area contributed by atoms with Gasteiger partial charge in [-0.25, -0.2) is 0 Å². The van der Waals surface area contributed by atoms with Crippen molar-refractivity contribution in [2.45, 2.75) is 20.8 Å². The topological polar surface area (TPSA) is 58.6 Å². The average molecular weight is 292 g/mol. The van der Waals surface area contributed by atoms with Crippen LogP contribution in [0, 0.1) is 0 Å². The number of carbonyl (C=O) groups excluding carboxylic acids is 2. The summed E-state index contributed by atoms with van der Waals surface area (Å²) in [4.78, 5) is 25.9. The molecule has 0 spiro atoms. The maximum absolute atomic E-state index is 12.2. The van der Waals surface area contributed by atoms with Gasteiger partial charge < -0.3 is 15.0 Å². The third kappa shape index (κ3) is 4.86. The zero-order valence-corrected chi connectivity index (χ0v) is 13.2. The normalized spacial score (nSPS) is 10.5. The lowest BCUT2D eigenvalue weighted by atomic mass is 10.1. The van der Waals surface area contributed by atoms with E-state index in [4.69, 9.17) is 4.74 Å². The molecular formula is C16H24N2O3. The standard InChI is InChI=1S/C16H24N2O3/c1-5-18(6-2)10-9-17-16(20)14-11-13(12(3)19)7-8-15(14)21-4/h7-8,11H,5-6,9-10H2,1-4H3,(H,17,20). The SMILES string of the molecule is CCN(CC)CCNC(=O)c1cc(C(C)=O)ccc1OC. The van der Waals surface area contributed by atoms with Crippen LogP contribution in [-0.2, 0) is 0 Å². The Morgan fingerprint density at radius 3 is 2.43 bits per heavy atom. The number of ketones is 1. The third-order valence-electron chi connectivity index (χ3n) is 3.46. The molecule has 0 heterocycles. The van der Waals surface area contributed by atoms with E-state index in [1.807, 2.05) is 0 Å². The Labute approximate surface area is 126 Å². The van der Waals surface area contributed by atoms with Crippen LogP contribution in [0.15, 0.2) is 18.2 Å². The van der Waals surface area contributed by atoms with Crippen molar-refractivity contribution >= 4 is 11.7 Å². The number of rotatable bonds is 8. The molecule has 116 valence electrons. The van der Waals surface area contributed by atoms with E-state index >= 15 is 0 Å². The van der Waals surface area contributed by atoms with E-state index in [9.17, 15) is 9.59 Å². The Bertz CT molecular complexity index is 496. The van der Waals surface area contributed by atoms with Crippen molar-refractivity contribution in [2.75, 3.05) is 33.3 Å². The minimum atomic E-state index is -0.220. The Kier molecular flexibility index (Phi) is 6.88. The summed E-state index contributed by atoms with van der Waals surface area (Å²) in [6, 6.07) is 4.89. The summed E-state index contributed by atoms with van der Waals surface area (Å²) in [5.41, 5.74) is 0.898. The van der Waals surface area contributed by atoms with E-state index in [0.717, 1.165) is 19.6 Å². The number of likely N-dealkylation sites (N-methyl/N-ethyl adjacent to an activating group) is 1. The fourth-order valence-electron chi connectivity index (χ4n) is 2.07. The highest BCUT2D eigenvalue weighted by Crippen LogP contribution is 2.20. The highest BCUT2D eigenvalue weighted by atomic mass is 16.5. The molecule has 5 heteroatoms. The first-order valence-electron chi connectivity index (χ1n) is 7.23. The molecule has 0 aliphatic heterocycles. The molecule has 0 saturated heterocycles. The molecule has 1 aromatic carbocycles. The smallest absolute Gasteiger partial charge is 0.255 e. The van der Waals surface area contributed by atoms with Crippen molar-refractivity contribution in [1.82, 2.24) is 10.2 Å². The largest absolute Gasteiger partial charge is 0.496 e. The van der Waals surface area contributed by atoms with Crippen LogP contribution in [-0.4, -0.2) is 49.9 Å². The molecule has 1 amide bonds. The first-order chi connectivity index (χ1) is 10.0. The quantitative estimate of drug-likeness (QED) is 0.744. The van der Waals surface area contributed by atoms with Gasteiger partial charge in [0.25, 0.3) is 5.91 Å². The Morgan fingerprint density at radius 1 is 1.24 bits per heavy atom. The Hall–Kier alpha value is -1.88. The van der Waals surface area contributed by atoms with Gasteiger partial charge in [-0.05, 0) is 38.2 Å². The number of hydrogen-bond acceptors (Lipinski definition) is 4. The van der Waals surface area contributed by atoms with E-state index < -0.39 is 0 Å². The lowest BCUT2D eigenvalue weighted by molar-refractivity contribution is 0.0946. The fraction of sp³-hybridized carbons (Fsp3) is 0.500. The van der Waals surface area contributed by atoms with Crippen LogP contribution < -0.4 is 10.1 Å². The number of methoxy groups -OCH3 is 1. The Morgan fingerprint density at radius 2 is 1.90 bits per heavy atom. The summed E-state index contributed by atoms with van der Waals surface area (Å²) in [5.74, 6) is 0.178. The lowest BCUT2D eigenvalue weighted by Gasteiger charge is -2.18. The van der Waals surface area contributed by atoms with Gasteiger partial charge in [0.1, 0.15) is 5.75 Å². The van der Waals surface area contributed by atoms with Gasteiger partial charge in [-0.1, -0.05) is 13.8 Å². The van der Waals surface area contributed by atoms with Gasteiger partial charge in [-0.2, -0.15) is 0 Å². The van der Waals surface area contributed by atoms with Gasteiger partial charge in [-0.15, -0.1) is 0 Å².